The first-order valence-corrected chi connectivity index (χ1v) is 5.03. The average Bonchev–Trinajstić information content (AvgIpc) is 2.80. The number of halogens is 1. The van der Waals surface area contributed by atoms with Crippen molar-refractivity contribution in [2.45, 2.75) is 25.4 Å². The molecule has 1 aromatic rings. The van der Waals surface area contributed by atoms with Gasteiger partial charge in [0.1, 0.15) is 6.17 Å². The number of nitrogens with zero attached hydrogens (tertiary/aromatic N) is 2. The molecule has 0 radical (unpaired) electrons. The lowest BCUT2D eigenvalue weighted by Crippen LogP contribution is -1.98. The van der Waals surface area contributed by atoms with E-state index in [-0.39, 0.29) is 11.8 Å². The summed E-state index contributed by atoms with van der Waals surface area (Å²) in [6, 6.07) is 0. The van der Waals surface area contributed by atoms with E-state index in [0.29, 0.717) is 18.9 Å². The van der Waals surface area contributed by atoms with Crippen LogP contribution in [0.5, 0.6) is 0 Å². The first-order valence-electron chi connectivity index (χ1n) is 5.03. The number of esters is 1. The fraction of sp³-hybridized carbons (Fsp3) is 0.500. The van der Waals surface area contributed by atoms with Crippen molar-refractivity contribution in [3.05, 3.63) is 17.8 Å². The maximum atomic E-state index is 12.7. The molecule has 0 amide bonds. The van der Waals surface area contributed by atoms with E-state index in [2.05, 4.69) is 14.9 Å². The summed E-state index contributed by atoms with van der Waals surface area (Å²) < 4.78 is 22.2. The van der Waals surface area contributed by atoms with Crippen molar-refractivity contribution >= 4 is 12.0 Å². The van der Waals surface area contributed by atoms with E-state index in [0.717, 1.165) is 0 Å². The van der Waals surface area contributed by atoms with Crippen LogP contribution in [-0.2, 0) is 9.53 Å². The topological polar surface area (TPSA) is 65.2 Å². The van der Waals surface area contributed by atoms with Gasteiger partial charge in [0.25, 0.3) is 5.89 Å². The van der Waals surface area contributed by atoms with Crippen molar-refractivity contribution in [2.75, 3.05) is 6.61 Å². The van der Waals surface area contributed by atoms with Crippen LogP contribution in [0.3, 0.4) is 0 Å². The average molecular weight is 226 g/mol. The van der Waals surface area contributed by atoms with Gasteiger partial charge in [0, 0.05) is 12.2 Å². The Labute approximate surface area is 91.3 Å². The van der Waals surface area contributed by atoms with Gasteiger partial charge in [-0.1, -0.05) is 5.16 Å². The lowest BCUT2D eigenvalue weighted by Gasteiger charge is -1.92. The van der Waals surface area contributed by atoms with Crippen molar-refractivity contribution in [1.29, 1.82) is 0 Å². The SMILES string of the molecule is CCOC(=O)/C=C/c1nc([C@H]2C[C@@H]2F)no1. The molecule has 0 bridgehead atoms. The van der Waals surface area contributed by atoms with Gasteiger partial charge < -0.3 is 9.26 Å². The highest BCUT2D eigenvalue weighted by atomic mass is 19.1. The normalized spacial score (nSPS) is 23.6. The molecule has 16 heavy (non-hydrogen) atoms. The maximum absolute atomic E-state index is 12.7. The van der Waals surface area contributed by atoms with Crippen LogP contribution >= 0.6 is 0 Å². The summed E-state index contributed by atoms with van der Waals surface area (Å²) in [5.74, 6) is -0.177. The van der Waals surface area contributed by atoms with E-state index in [1.165, 1.54) is 12.2 Å². The number of hydrogen-bond donors (Lipinski definition) is 0. The van der Waals surface area contributed by atoms with Gasteiger partial charge >= 0.3 is 5.97 Å². The van der Waals surface area contributed by atoms with E-state index in [1.807, 2.05) is 0 Å². The molecule has 0 aliphatic heterocycles. The van der Waals surface area contributed by atoms with Crippen LogP contribution in [0.4, 0.5) is 4.39 Å². The van der Waals surface area contributed by atoms with Crippen molar-refractivity contribution in [3.63, 3.8) is 0 Å². The Hall–Kier alpha value is -1.72. The van der Waals surface area contributed by atoms with Crippen molar-refractivity contribution in [2.24, 2.45) is 0 Å². The summed E-state index contributed by atoms with van der Waals surface area (Å²) in [6.07, 6.45) is 2.13. The van der Waals surface area contributed by atoms with Gasteiger partial charge in [-0.05, 0) is 13.3 Å². The highest BCUT2D eigenvalue weighted by Crippen LogP contribution is 2.41. The minimum atomic E-state index is -0.862. The Morgan fingerprint density at radius 2 is 2.50 bits per heavy atom. The highest BCUT2D eigenvalue weighted by molar-refractivity contribution is 5.86. The lowest BCUT2D eigenvalue weighted by molar-refractivity contribution is -0.137. The Morgan fingerprint density at radius 1 is 1.75 bits per heavy atom. The molecule has 5 nitrogen and oxygen atoms in total. The molecule has 1 saturated carbocycles. The van der Waals surface area contributed by atoms with Gasteiger partial charge in [0.2, 0.25) is 0 Å². The van der Waals surface area contributed by atoms with Crippen LogP contribution in [0.25, 0.3) is 6.08 Å². The van der Waals surface area contributed by atoms with Gasteiger partial charge in [0.05, 0.1) is 12.5 Å². The summed E-state index contributed by atoms with van der Waals surface area (Å²) in [4.78, 5) is 14.9. The molecule has 0 aromatic carbocycles. The number of aromatic nitrogens is 2. The lowest BCUT2D eigenvalue weighted by atomic mass is 10.4. The van der Waals surface area contributed by atoms with E-state index in [1.54, 1.807) is 6.92 Å². The molecule has 1 fully saturated rings. The molecular formula is C10H11FN2O3. The highest BCUT2D eigenvalue weighted by Gasteiger charge is 2.42. The molecule has 0 N–H and O–H groups in total. The fourth-order valence-corrected chi connectivity index (χ4v) is 1.23. The third-order valence-corrected chi connectivity index (χ3v) is 2.15. The van der Waals surface area contributed by atoms with Gasteiger partial charge in [-0.25, -0.2) is 9.18 Å². The quantitative estimate of drug-likeness (QED) is 0.574. The van der Waals surface area contributed by atoms with Crippen LogP contribution in [0, 0.1) is 0 Å². The molecule has 1 heterocycles. The summed E-state index contributed by atoms with van der Waals surface area (Å²) in [5, 5.41) is 3.62. The molecule has 0 saturated heterocycles. The molecule has 0 spiro atoms. The Balaban J connectivity index is 1.94. The monoisotopic (exact) mass is 226 g/mol. The minimum absolute atomic E-state index is 0.183. The first-order chi connectivity index (χ1) is 7.70. The summed E-state index contributed by atoms with van der Waals surface area (Å²) >= 11 is 0. The van der Waals surface area contributed by atoms with Gasteiger partial charge in [-0.2, -0.15) is 4.98 Å². The Kier molecular flexibility index (Phi) is 2.98. The number of alkyl halides is 1. The van der Waals surface area contributed by atoms with E-state index in [9.17, 15) is 9.18 Å². The standard InChI is InChI=1S/C10H11FN2O3/c1-2-15-9(14)4-3-8-12-10(13-16-8)6-5-7(6)11/h3-4,6-7H,2,5H2,1H3/b4-3+/t6-,7-/m0/s1. The molecule has 1 aliphatic carbocycles. The summed E-state index contributed by atoms with van der Waals surface area (Å²) in [6.45, 7) is 2.02. The molecule has 1 aliphatic rings. The minimum Gasteiger partial charge on any atom is -0.463 e. The predicted octanol–water partition coefficient (Wildman–Crippen LogP) is 1.47. The van der Waals surface area contributed by atoms with Crippen LogP contribution in [0.2, 0.25) is 0 Å². The van der Waals surface area contributed by atoms with Crippen LogP contribution in [-0.4, -0.2) is 28.9 Å². The van der Waals surface area contributed by atoms with Gasteiger partial charge in [-0.3, -0.25) is 0 Å². The molecule has 2 rings (SSSR count). The van der Waals surface area contributed by atoms with E-state index >= 15 is 0 Å². The second kappa shape index (κ2) is 4.42. The number of ether oxygens (including phenoxy) is 1. The largest absolute Gasteiger partial charge is 0.463 e. The fourth-order valence-electron chi connectivity index (χ4n) is 1.23. The van der Waals surface area contributed by atoms with E-state index in [4.69, 9.17) is 4.52 Å². The van der Waals surface area contributed by atoms with Crippen LogP contribution < -0.4 is 0 Å². The number of carbonyl (C=O) groups excluding carboxylic acids is 1. The molecule has 0 unspecified atom stereocenters. The van der Waals surface area contributed by atoms with Gasteiger partial charge in [-0.15, -0.1) is 0 Å². The number of hydrogen-bond acceptors (Lipinski definition) is 5. The molecule has 6 heteroatoms. The first kappa shape index (κ1) is 10.8. The van der Waals surface area contributed by atoms with Gasteiger partial charge in [0.15, 0.2) is 5.82 Å². The maximum Gasteiger partial charge on any atom is 0.330 e. The zero-order valence-corrected chi connectivity index (χ0v) is 8.72. The third kappa shape index (κ3) is 2.44. The van der Waals surface area contributed by atoms with E-state index < -0.39 is 12.1 Å². The summed E-state index contributed by atoms with van der Waals surface area (Å²) in [5.41, 5.74) is 0. The molecule has 1 aromatic heterocycles. The number of carbonyl (C=O) groups is 1. The van der Waals surface area contributed by atoms with Crippen LogP contribution in [0.15, 0.2) is 10.6 Å². The Morgan fingerprint density at radius 3 is 3.12 bits per heavy atom. The van der Waals surface area contributed by atoms with Crippen molar-refractivity contribution < 1.29 is 18.4 Å². The molecule has 2 atom stereocenters. The summed E-state index contributed by atoms with van der Waals surface area (Å²) in [7, 11) is 0. The predicted molar refractivity (Wildman–Crippen MR) is 52.2 cm³/mol. The Bertz CT molecular complexity index is 416. The van der Waals surface area contributed by atoms with Crippen LogP contribution in [0.1, 0.15) is 31.0 Å². The molecule has 86 valence electrons. The van der Waals surface area contributed by atoms with Crippen molar-refractivity contribution in [3.8, 4) is 0 Å². The second-order valence-electron chi connectivity index (χ2n) is 3.43. The molecular weight excluding hydrogens is 215 g/mol. The smallest absolute Gasteiger partial charge is 0.330 e. The van der Waals surface area contributed by atoms with Crippen molar-refractivity contribution in [1.82, 2.24) is 10.1 Å². The zero-order valence-electron chi connectivity index (χ0n) is 8.72. The third-order valence-electron chi connectivity index (χ3n) is 2.15. The number of rotatable bonds is 4. The zero-order chi connectivity index (χ0) is 11.5. The second-order valence-corrected chi connectivity index (χ2v) is 3.43.